The van der Waals surface area contributed by atoms with Gasteiger partial charge in [-0.15, -0.1) is 11.3 Å². The standard InChI is InChI=1S/C9H12ClNS/c1-5-4-7(5)8(11)6-2-3-12-9(6)10/h2-3,5,7-8H,4,11H2,1H3. The van der Waals surface area contributed by atoms with Crippen LogP contribution in [0.15, 0.2) is 11.4 Å². The minimum Gasteiger partial charge on any atom is -0.324 e. The lowest BCUT2D eigenvalue weighted by molar-refractivity contribution is 0.595. The van der Waals surface area contributed by atoms with E-state index in [0.717, 1.165) is 15.8 Å². The highest BCUT2D eigenvalue weighted by Crippen LogP contribution is 2.47. The van der Waals surface area contributed by atoms with Crippen molar-refractivity contribution in [1.29, 1.82) is 0 Å². The molecule has 2 N–H and O–H groups in total. The van der Waals surface area contributed by atoms with E-state index in [9.17, 15) is 0 Å². The van der Waals surface area contributed by atoms with Crippen LogP contribution in [0.2, 0.25) is 4.34 Å². The van der Waals surface area contributed by atoms with Gasteiger partial charge in [-0.2, -0.15) is 0 Å². The van der Waals surface area contributed by atoms with E-state index in [2.05, 4.69) is 6.92 Å². The molecule has 66 valence electrons. The topological polar surface area (TPSA) is 26.0 Å². The second kappa shape index (κ2) is 3.02. The van der Waals surface area contributed by atoms with Crippen molar-refractivity contribution in [3.63, 3.8) is 0 Å². The van der Waals surface area contributed by atoms with Gasteiger partial charge in [-0.1, -0.05) is 18.5 Å². The van der Waals surface area contributed by atoms with E-state index >= 15 is 0 Å². The van der Waals surface area contributed by atoms with Crippen molar-refractivity contribution in [3.8, 4) is 0 Å². The molecule has 1 nitrogen and oxygen atoms in total. The molecule has 12 heavy (non-hydrogen) atoms. The predicted molar refractivity (Wildman–Crippen MR) is 53.5 cm³/mol. The zero-order valence-electron chi connectivity index (χ0n) is 6.96. The van der Waals surface area contributed by atoms with Crippen molar-refractivity contribution in [2.45, 2.75) is 19.4 Å². The van der Waals surface area contributed by atoms with Gasteiger partial charge in [0.05, 0.1) is 4.34 Å². The SMILES string of the molecule is CC1CC1C(N)c1ccsc1Cl. The number of hydrogen-bond acceptors (Lipinski definition) is 2. The Morgan fingerprint density at radius 1 is 1.75 bits per heavy atom. The van der Waals surface area contributed by atoms with Gasteiger partial charge in [-0.25, -0.2) is 0 Å². The Labute approximate surface area is 81.5 Å². The first-order chi connectivity index (χ1) is 5.70. The average Bonchev–Trinajstić information content (AvgIpc) is 2.59. The highest BCUT2D eigenvalue weighted by Gasteiger charge is 2.39. The molecule has 1 aliphatic rings. The van der Waals surface area contributed by atoms with Crippen LogP contribution < -0.4 is 5.73 Å². The molecule has 0 aliphatic heterocycles. The molecule has 0 radical (unpaired) electrons. The summed E-state index contributed by atoms with van der Waals surface area (Å²) < 4.78 is 0.863. The first-order valence-electron chi connectivity index (χ1n) is 4.18. The summed E-state index contributed by atoms with van der Waals surface area (Å²) in [5, 5.41) is 2.00. The first kappa shape index (κ1) is 8.54. The lowest BCUT2D eigenvalue weighted by Crippen LogP contribution is -2.12. The van der Waals surface area contributed by atoms with Crippen LogP contribution in [0, 0.1) is 11.8 Å². The van der Waals surface area contributed by atoms with E-state index in [-0.39, 0.29) is 6.04 Å². The maximum atomic E-state index is 6.06. The number of halogens is 1. The molecular weight excluding hydrogens is 190 g/mol. The lowest BCUT2D eigenvalue weighted by atomic mass is 10.1. The van der Waals surface area contributed by atoms with Crippen molar-refractivity contribution in [2.24, 2.45) is 17.6 Å². The third-order valence-corrected chi connectivity index (χ3v) is 3.84. The third kappa shape index (κ3) is 1.39. The fourth-order valence-corrected chi connectivity index (χ4v) is 2.64. The van der Waals surface area contributed by atoms with Gasteiger partial charge in [0, 0.05) is 6.04 Å². The zero-order valence-corrected chi connectivity index (χ0v) is 8.53. The molecule has 0 amide bonds. The molecule has 0 aromatic carbocycles. The van der Waals surface area contributed by atoms with Crippen molar-refractivity contribution in [3.05, 3.63) is 21.3 Å². The quantitative estimate of drug-likeness (QED) is 0.782. The molecule has 3 atom stereocenters. The lowest BCUT2D eigenvalue weighted by Gasteiger charge is -2.08. The van der Waals surface area contributed by atoms with Gasteiger partial charge in [-0.3, -0.25) is 0 Å². The Morgan fingerprint density at radius 2 is 2.42 bits per heavy atom. The molecule has 0 saturated heterocycles. The Balaban J connectivity index is 2.14. The van der Waals surface area contributed by atoms with Crippen LogP contribution in [0.1, 0.15) is 24.9 Å². The van der Waals surface area contributed by atoms with E-state index in [1.807, 2.05) is 11.4 Å². The number of thiophene rings is 1. The summed E-state index contributed by atoms with van der Waals surface area (Å²) in [4.78, 5) is 0. The van der Waals surface area contributed by atoms with E-state index in [0.29, 0.717) is 5.92 Å². The van der Waals surface area contributed by atoms with Crippen LogP contribution in [0.4, 0.5) is 0 Å². The Kier molecular flexibility index (Phi) is 2.15. The molecule has 1 heterocycles. The number of hydrogen-bond donors (Lipinski definition) is 1. The van der Waals surface area contributed by atoms with Gasteiger partial charge in [0.25, 0.3) is 0 Å². The summed E-state index contributed by atoms with van der Waals surface area (Å²) in [6.45, 7) is 2.24. The smallest absolute Gasteiger partial charge is 0.0976 e. The minimum atomic E-state index is 0.166. The normalized spacial score (nSPS) is 30.2. The summed E-state index contributed by atoms with van der Waals surface area (Å²) in [6, 6.07) is 2.21. The van der Waals surface area contributed by atoms with Crippen LogP contribution in [-0.4, -0.2) is 0 Å². The molecule has 1 aromatic rings. The van der Waals surface area contributed by atoms with Crippen molar-refractivity contribution >= 4 is 22.9 Å². The van der Waals surface area contributed by atoms with Gasteiger partial charge in [-0.05, 0) is 35.3 Å². The number of rotatable bonds is 2. The van der Waals surface area contributed by atoms with Crippen LogP contribution >= 0.6 is 22.9 Å². The molecular formula is C9H12ClNS. The van der Waals surface area contributed by atoms with Crippen molar-refractivity contribution in [2.75, 3.05) is 0 Å². The molecule has 1 aromatic heterocycles. The van der Waals surface area contributed by atoms with E-state index in [1.54, 1.807) is 11.3 Å². The monoisotopic (exact) mass is 201 g/mol. The predicted octanol–water partition coefficient (Wildman–Crippen LogP) is 3.06. The second-order valence-corrected chi connectivity index (χ2v) is 5.07. The fraction of sp³-hybridized carbons (Fsp3) is 0.556. The van der Waals surface area contributed by atoms with Crippen LogP contribution in [-0.2, 0) is 0 Å². The Morgan fingerprint density at radius 3 is 2.83 bits per heavy atom. The van der Waals surface area contributed by atoms with E-state index in [1.165, 1.54) is 6.42 Å². The summed E-state index contributed by atoms with van der Waals surface area (Å²) >= 11 is 7.56. The highest BCUT2D eigenvalue weighted by atomic mass is 35.5. The summed E-state index contributed by atoms with van der Waals surface area (Å²) in [6.07, 6.45) is 1.26. The van der Waals surface area contributed by atoms with Gasteiger partial charge in [0.2, 0.25) is 0 Å². The molecule has 2 rings (SSSR count). The second-order valence-electron chi connectivity index (χ2n) is 3.55. The number of nitrogens with two attached hydrogens (primary N) is 1. The molecule has 1 aliphatic carbocycles. The van der Waals surface area contributed by atoms with Gasteiger partial charge >= 0.3 is 0 Å². The molecule has 0 bridgehead atoms. The Hall–Kier alpha value is -0.0500. The third-order valence-electron chi connectivity index (χ3n) is 2.64. The van der Waals surface area contributed by atoms with E-state index < -0.39 is 0 Å². The fourth-order valence-electron chi connectivity index (χ4n) is 1.62. The van der Waals surface area contributed by atoms with E-state index in [4.69, 9.17) is 17.3 Å². The Bertz CT molecular complexity index is 284. The van der Waals surface area contributed by atoms with Gasteiger partial charge < -0.3 is 5.73 Å². The highest BCUT2D eigenvalue weighted by molar-refractivity contribution is 7.14. The van der Waals surface area contributed by atoms with Crippen LogP contribution in [0.3, 0.4) is 0 Å². The minimum absolute atomic E-state index is 0.166. The van der Waals surface area contributed by atoms with Gasteiger partial charge in [0.1, 0.15) is 0 Å². The summed E-state index contributed by atoms with van der Waals surface area (Å²) in [7, 11) is 0. The molecule has 1 saturated carbocycles. The van der Waals surface area contributed by atoms with Crippen LogP contribution in [0.25, 0.3) is 0 Å². The van der Waals surface area contributed by atoms with Gasteiger partial charge in [0.15, 0.2) is 0 Å². The molecule has 1 fully saturated rings. The summed E-state index contributed by atoms with van der Waals surface area (Å²) in [5.74, 6) is 1.45. The molecule has 3 heteroatoms. The molecule has 0 spiro atoms. The average molecular weight is 202 g/mol. The van der Waals surface area contributed by atoms with Crippen LogP contribution in [0.5, 0.6) is 0 Å². The largest absolute Gasteiger partial charge is 0.324 e. The maximum Gasteiger partial charge on any atom is 0.0976 e. The zero-order chi connectivity index (χ0) is 8.72. The van der Waals surface area contributed by atoms with Crippen molar-refractivity contribution in [1.82, 2.24) is 0 Å². The van der Waals surface area contributed by atoms with Crippen molar-refractivity contribution < 1.29 is 0 Å². The maximum absolute atomic E-state index is 6.06. The summed E-state index contributed by atoms with van der Waals surface area (Å²) in [5.41, 5.74) is 7.19. The molecule has 3 unspecified atom stereocenters. The first-order valence-corrected chi connectivity index (χ1v) is 5.44.